The molecule has 0 heterocycles. The minimum atomic E-state index is -4.52. The van der Waals surface area contributed by atoms with Crippen molar-refractivity contribution in [3.8, 4) is 0 Å². The van der Waals surface area contributed by atoms with Gasteiger partial charge in [0.1, 0.15) is 4.90 Å². The topological polar surface area (TPSA) is 97.5 Å². The smallest absolute Gasteiger partial charge is 0.282 e. The molecule has 0 saturated carbocycles. The van der Waals surface area contributed by atoms with Crippen LogP contribution in [0.25, 0.3) is 0 Å². The van der Waals surface area contributed by atoms with Crippen LogP contribution in [-0.2, 0) is 10.1 Å². The number of nitrogens with zero attached hydrogens (tertiary/aromatic N) is 1. The molecule has 0 saturated heterocycles. The first-order valence-electron chi connectivity index (χ1n) is 4.14. The number of nitro groups is 1. The molecule has 6 nitrogen and oxygen atoms in total. The van der Waals surface area contributed by atoms with E-state index in [0.29, 0.717) is 0 Å². The van der Waals surface area contributed by atoms with E-state index >= 15 is 0 Å². The number of rotatable bonds is 3. The highest BCUT2D eigenvalue weighted by Crippen LogP contribution is 2.27. The summed E-state index contributed by atoms with van der Waals surface area (Å²) < 4.78 is 30.9. The predicted octanol–water partition coefficient (Wildman–Crippen LogP) is 1.92. The molecule has 0 radical (unpaired) electrons. The van der Waals surface area contributed by atoms with E-state index in [0.717, 1.165) is 6.07 Å². The molecular weight excluding hydrogens is 258 g/mol. The lowest BCUT2D eigenvalue weighted by molar-refractivity contribution is -0.524. The van der Waals surface area contributed by atoms with Crippen molar-refractivity contribution in [2.24, 2.45) is 0 Å². The normalized spacial score (nSPS) is 13.4. The largest absolute Gasteiger partial charge is 0.295 e. The quantitative estimate of drug-likeness (QED) is 0.511. The van der Waals surface area contributed by atoms with E-state index in [1.807, 2.05) is 0 Å². The van der Waals surface area contributed by atoms with Crippen LogP contribution < -0.4 is 0 Å². The van der Waals surface area contributed by atoms with E-state index in [4.69, 9.17) is 16.2 Å². The summed E-state index contributed by atoms with van der Waals surface area (Å²) >= 11 is 5.56. The van der Waals surface area contributed by atoms with Crippen molar-refractivity contribution < 1.29 is 17.9 Å². The Balaban J connectivity index is 3.46. The lowest BCUT2D eigenvalue weighted by Gasteiger charge is -2.08. The van der Waals surface area contributed by atoms with Crippen LogP contribution >= 0.6 is 11.6 Å². The molecule has 1 atom stereocenters. The molecule has 0 aliphatic carbocycles. The second kappa shape index (κ2) is 4.36. The van der Waals surface area contributed by atoms with Crippen LogP contribution in [-0.4, -0.2) is 17.9 Å². The molecule has 0 fully saturated rings. The van der Waals surface area contributed by atoms with E-state index < -0.39 is 26.0 Å². The molecule has 8 heteroatoms. The number of hydrogen-bond acceptors (Lipinski definition) is 4. The van der Waals surface area contributed by atoms with Gasteiger partial charge in [0.25, 0.3) is 10.1 Å². The maximum atomic E-state index is 11.0. The Bertz CT molecular complexity index is 527. The van der Waals surface area contributed by atoms with Gasteiger partial charge in [0, 0.05) is 22.4 Å². The Morgan fingerprint density at radius 3 is 2.50 bits per heavy atom. The van der Waals surface area contributed by atoms with Crippen molar-refractivity contribution in [3.63, 3.8) is 0 Å². The van der Waals surface area contributed by atoms with Crippen molar-refractivity contribution in [2.75, 3.05) is 0 Å². The highest BCUT2D eigenvalue weighted by molar-refractivity contribution is 7.85. The number of hydrogen-bond donors (Lipinski definition) is 1. The van der Waals surface area contributed by atoms with Crippen LogP contribution in [0.15, 0.2) is 23.1 Å². The predicted molar refractivity (Wildman–Crippen MR) is 56.7 cm³/mol. The molecule has 1 N–H and O–H groups in total. The fourth-order valence-corrected chi connectivity index (χ4v) is 2.24. The molecule has 0 bridgehead atoms. The molecule has 0 spiro atoms. The van der Waals surface area contributed by atoms with Gasteiger partial charge in [-0.2, -0.15) is 8.42 Å². The molecule has 1 aromatic rings. The number of benzene rings is 1. The minimum Gasteiger partial charge on any atom is -0.282 e. The lowest BCUT2D eigenvalue weighted by Crippen LogP contribution is -2.11. The van der Waals surface area contributed by atoms with Gasteiger partial charge in [-0.25, -0.2) is 0 Å². The van der Waals surface area contributed by atoms with Crippen LogP contribution in [0.3, 0.4) is 0 Å². The first-order chi connectivity index (χ1) is 7.23. The molecule has 0 amide bonds. The Morgan fingerprint density at radius 1 is 1.50 bits per heavy atom. The summed E-state index contributed by atoms with van der Waals surface area (Å²) in [6.07, 6.45) is 0. The van der Waals surface area contributed by atoms with Gasteiger partial charge in [-0.05, 0) is 18.2 Å². The van der Waals surface area contributed by atoms with Gasteiger partial charge in [-0.15, -0.1) is 0 Å². The summed E-state index contributed by atoms with van der Waals surface area (Å²) in [7, 11) is -4.52. The fourth-order valence-electron chi connectivity index (χ4n) is 1.19. The van der Waals surface area contributed by atoms with Gasteiger partial charge < -0.3 is 0 Å². The Morgan fingerprint density at radius 2 is 2.06 bits per heavy atom. The maximum absolute atomic E-state index is 11.0. The molecule has 0 aliphatic rings. The van der Waals surface area contributed by atoms with Crippen molar-refractivity contribution >= 4 is 21.7 Å². The average Bonchev–Trinajstić information content (AvgIpc) is 2.15. The standard InChI is InChI=1S/C8H8ClNO5S/c1-5(10(11)12)7-3-2-6(9)4-8(7)16(13,14)15/h2-5H,1H3,(H,13,14,15). The van der Waals surface area contributed by atoms with Gasteiger partial charge in [0.15, 0.2) is 0 Å². The third kappa shape index (κ3) is 2.69. The monoisotopic (exact) mass is 265 g/mol. The highest BCUT2D eigenvalue weighted by Gasteiger charge is 2.25. The van der Waals surface area contributed by atoms with Gasteiger partial charge in [0.2, 0.25) is 6.04 Å². The van der Waals surface area contributed by atoms with Crippen LogP contribution in [0.2, 0.25) is 5.02 Å². The molecule has 0 aromatic heterocycles. The zero-order valence-corrected chi connectivity index (χ0v) is 9.70. The first-order valence-corrected chi connectivity index (χ1v) is 5.95. The Kier molecular flexibility index (Phi) is 3.51. The Hall–Kier alpha value is -1.18. The summed E-state index contributed by atoms with van der Waals surface area (Å²) in [6.45, 7) is 1.22. The third-order valence-corrected chi connectivity index (χ3v) is 3.16. The summed E-state index contributed by atoms with van der Waals surface area (Å²) in [5.41, 5.74) is -0.100. The molecule has 88 valence electrons. The van der Waals surface area contributed by atoms with Crippen molar-refractivity contribution in [3.05, 3.63) is 38.9 Å². The molecule has 0 aliphatic heterocycles. The zero-order chi connectivity index (χ0) is 12.5. The van der Waals surface area contributed by atoms with Crippen molar-refractivity contribution in [1.29, 1.82) is 0 Å². The van der Waals surface area contributed by atoms with Gasteiger partial charge in [-0.1, -0.05) is 11.6 Å². The summed E-state index contributed by atoms with van der Waals surface area (Å²) in [5.74, 6) is 0. The van der Waals surface area contributed by atoms with Crippen LogP contribution in [0.5, 0.6) is 0 Å². The summed E-state index contributed by atoms with van der Waals surface area (Å²) in [6, 6.07) is 2.27. The molecule has 16 heavy (non-hydrogen) atoms. The minimum absolute atomic E-state index is 0.0759. The van der Waals surface area contributed by atoms with E-state index in [1.165, 1.54) is 19.1 Å². The van der Waals surface area contributed by atoms with E-state index in [-0.39, 0.29) is 10.6 Å². The molecule has 1 unspecified atom stereocenters. The molecule has 1 aromatic carbocycles. The van der Waals surface area contributed by atoms with Gasteiger partial charge in [-0.3, -0.25) is 14.7 Å². The maximum Gasteiger partial charge on any atom is 0.295 e. The SMILES string of the molecule is CC(c1ccc(Cl)cc1S(=O)(=O)O)[N+](=O)[O-]. The van der Waals surface area contributed by atoms with E-state index in [2.05, 4.69) is 0 Å². The summed E-state index contributed by atoms with van der Waals surface area (Å²) in [4.78, 5) is 9.37. The van der Waals surface area contributed by atoms with Crippen LogP contribution in [0.1, 0.15) is 18.5 Å². The average molecular weight is 266 g/mol. The van der Waals surface area contributed by atoms with Crippen LogP contribution in [0.4, 0.5) is 0 Å². The summed E-state index contributed by atoms with van der Waals surface area (Å²) in [5, 5.41) is 10.6. The second-order valence-corrected chi connectivity index (χ2v) is 4.94. The number of halogens is 1. The van der Waals surface area contributed by atoms with Crippen molar-refractivity contribution in [2.45, 2.75) is 17.9 Å². The van der Waals surface area contributed by atoms with Crippen molar-refractivity contribution in [1.82, 2.24) is 0 Å². The van der Waals surface area contributed by atoms with E-state index in [1.54, 1.807) is 0 Å². The lowest BCUT2D eigenvalue weighted by atomic mass is 10.1. The first kappa shape index (κ1) is 12.9. The fraction of sp³-hybridized carbons (Fsp3) is 0.250. The van der Waals surface area contributed by atoms with Gasteiger partial charge in [0.05, 0.1) is 0 Å². The van der Waals surface area contributed by atoms with Gasteiger partial charge >= 0.3 is 0 Å². The third-order valence-electron chi connectivity index (χ3n) is 2.02. The second-order valence-electron chi connectivity index (χ2n) is 3.12. The van der Waals surface area contributed by atoms with Crippen LogP contribution in [0, 0.1) is 10.1 Å². The molecular formula is C8H8ClNO5S. The zero-order valence-electron chi connectivity index (χ0n) is 8.12. The molecule has 1 rings (SSSR count). The highest BCUT2D eigenvalue weighted by atomic mass is 35.5. The Labute approximate surface area is 96.7 Å². The van der Waals surface area contributed by atoms with E-state index in [9.17, 15) is 18.5 Å².